The maximum absolute atomic E-state index is 12.7. The SMILES string of the molecule is COc1cccc(CC2C(O)c3ccccc3S(=O)(=O)N2C)c1O. The van der Waals surface area contributed by atoms with Gasteiger partial charge in [0.1, 0.15) is 0 Å². The van der Waals surface area contributed by atoms with E-state index in [2.05, 4.69) is 0 Å². The highest BCUT2D eigenvalue weighted by molar-refractivity contribution is 7.89. The van der Waals surface area contributed by atoms with Crippen LogP contribution in [0.25, 0.3) is 0 Å². The average molecular weight is 349 g/mol. The standard InChI is InChI=1S/C17H19NO5S/c1-18-13(10-11-6-5-8-14(23-2)16(11)19)17(20)12-7-3-4-9-15(12)24(18,21)22/h3-9,13,17,19-20H,10H2,1-2H3. The molecule has 2 unspecified atom stereocenters. The number of nitrogens with zero attached hydrogens (tertiary/aromatic N) is 1. The smallest absolute Gasteiger partial charge is 0.243 e. The van der Waals surface area contributed by atoms with Crippen molar-refractivity contribution in [1.82, 2.24) is 4.31 Å². The van der Waals surface area contributed by atoms with Crippen LogP contribution in [-0.2, 0) is 16.4 Å². The molecule has 0 amide bonds. The lowest BCUT2D eigenvalue weighted by Gasteiger charge is -2.37. The van der Waals surface area contributed by atoms with E-state index in [1.54, 1.807) is 36.4 Å². The number of methoxy groups -OCH3 is 1. The molecule has 0 fully saturated rings. The number of aliphatic hydroxyl groups is 1. The van der Waals surface area contributed by atoms with Gasteiger partial charge in [0.05, 0.1) is 24.2 Å². The van der Waals surface area contributed by atoms with Crippen molar-refractivity contribution < 1.29 is 23.4 Å². The first-order chi connectivity index (χ1) is 11.4. The summed E-state index contributed by atoms with van der Waals surface area (Å²) in [5, 5.41) is 20.9. The third-order valence-corrected chi connectivity index (χ3v) is 6.41. The Hall–Kier alpha value is -2.09. The number of hydrogen-bond donors (Lipinski definition) is 2. The minimum atomic E-state index is -3.69. The van der Waals surface area contributed by atoms with Gasteiger partial charge in [0.25, 0.3) is 0 Å². The summed E-state index contributed by atoms with van der Waals surface area (Å²) >= 11 is 0. The maximum Gasteiger partial charge on any atom is 0.243 e. The zero-order valence-electron chi connectivity index (χ0n) is 13.4. The molecule has 2 N–H and O–H groups in total. The molecule has 2 atom stereocenters. The van der Waals surface area contributed by atoms with Crippen LogP contribution in [0.15, 0.2) is 47.4 Å². The van der Waals surface area contributed by atoms with Crippen LogP contribution < -0.4 is 4.74 Å². The van der Waals surface area contributed by atoms with E-state index in [1.165, 1.54) is 24.5 Å². The van der Waals surface area contributed by atoms with Gasteiger partial charge in [-0.3, -0.25) is 0 Å². The van der Waals surface area contributed by atoms with Crippen molar-refractivity contribution in [1.29, 1.82) is 0 Å². The molecule has 0 saturated heterocycles. The predicted molar refractivity (Wildman–Crippen MR) is 88.5 cm³/mol. The number of sulfonamides is 1. The van der Waals surface area contributed by atoms with E-state index in [0.717, 1.165) is 0 Å². The van der Waals surface area contributed by atoms with Crippen molar-refractivity contribution in [3.8, 4) is 11.5 Å². The van der Waals surface area contributed by atoms with Gasteiger partial charge in [0.2, 0.25) is 10.0 Å². The number of likely N-dealkylation sites (N-methyl/N-ethyl adjacent to an activating group) is 1. The molecule has 1 heterocycles. The van der Waals surface area contributed by atoms with Crippen molar-refractivity contribution in [2.45, 2.75) is 23.5 Å². The second-order valence-corrected chi connectivity index (χ2v) is 7.71. The summed E-state index contributed by atoms with van der Waals surface area (Å²) in [4.78, 5) is 0.117. The number of ether oxygens (including phenoxy) is 1. The summed E-state index contributed by atoms with van der Waals surface area (Å²) in [6.45, 7) is 0. The predicted octanol–water partition coefficient (Wildman–Crippen LogP) is 1.68. The van der Waals surface area contributed by atoms with Crippen molar-refractivity contribution >= 4 is 10.0 Å². The Balaban J connectivity index is 2.04. The van der Waals surface area contributed by atoms with E-state index in [4.69, 9.17) is 4.74 Å². The molecule has 0 spiro atoms. The first-order valence-electron chi connectivity index (χ1n) is 7.47. The molecule has 6 nitrogen and oxygen atoms in total. The summed E-state index contributed by atoms with van der Waals surface area (Å²) < 4.78 is 31.6. The molecule has 7 heteroatoms. The number of rotatable bonds is 3. The summed E-state index contributed by atoms with van der Waals surface area (Å²) in [6.07, 6.45) is -0.825. The molecule has 0 saturated carbocycles. The van der Waals surface area contributed by atoms with E-state index in [1.807, 2.05) is 0 Å². The fourth-order valence-corrected chi connectivity index (χ4v) is 4.66. The van der Waals surface area contributed by atoms with E-state index < -0.39 is 22.2 Å². The summed E-state index contributed by atoms with van der Waals surface area (Å²) in [6, 6.07) is 10.7. The zero-order chi connectivity index (χ0) is 17.5. The molecular weight excluding hydrogens is 330 g/mol. The van der Waals surface area contributed by atoms with E-state index in [9.17, 15) is 18.6 Å². The van der Waals surface area contributed by atoms with Crippen LogP contribution in [0.4, 0.5) is 0 Å². The Kier molecular flexibility index (Phi) is 4.25. The molecule has 0 aromatic heterocycles. The van der Waals surface area contributed by atoms with Gasteiger partial charge in [-0.05, 0) is 24.1 Å². The van der Waals surface area contributed by atoms with Gasteiger partial charge in [-0.1, -0.05) is 30.3 Å². The Morgan fingerprint density at radius 1 is 1.17 bits per heavy atom. The number of fused-ring (bicyclic) bond motifs is 1. The molecule has 1 aliphatic heterocycles. The number of aromatic hydroxyl groups is 1. The number of phenols is 1. The average Bonchev–Trinajstić information content (AvgIpc) is 2.58. The molecule has 0 radical (unpaired) electrons. The van der Waals surface area contributed by atoms with Gasteiger partial charge < -0.3 is 14.9 Å². The van der Waals surface area contributed by atoms with Crippen molar-refractivity contribution in [2.75, 3.05) is 14.2 Å². The van der Waals surface area contributed by atoms with E-state index >= 15 is 0 Å². The fraction of sp³-hybridized carbons (Fsp3) is 0.294. The van der Waals surface area contributed by atoms with Crippen molar-refractivity contribution in [3.05, 3.63) is 53.6 Å². The quantitative estimate of drug-likeness (QED) is 0.880. The highest BCUT2D eigenvalue weighted by Gasteiger charge is 2.41. The number of phenolic OH excluding ortho intramolecular Hbond substituents is 1. The Bertz CT molecular complexity index is 865. The molecule has 3 rings (SSSR count). The third kappa shape index (κ3) is 2.54. The lowest BCUT2D eigenvalue weighted by Crippen LogP contribution is -2.46. The van der Waals surface area contributed by atoms with Gasteiger partial charge in [0.15, 0.2) is 11.5 Å². The molecule has 2 aromatic rings. The Morgan fingerprint density at radius 3 is 2.58 bits per heavy atom. The summed E-state index contributed by atoms with van der Waals surface area (Å²) in [5.41, 5.74) is 0.891. The van der Waals surface area contributed by atoms with Crippen LogP contribution in [0.5, 0.6) is 11.5 Å². The van der Waals surface area contributed by atoms with Crippen LogP contribution in [0.2, 0.25) is 0 Å². The van der Waals surface area contributed by atoms with Crippen LogP contribution in [0, 0.1) is 0 Å². The van der Waals surface area contributed by atoms with Crippen molar-refractivity contribution in [3.63, 3.8) is 0 Å². The molecule has 2 aromatic carbocycles. The second kappa shape index (κ2) is 6.08. The topological polar surface area (TPSA) is 87.1 Å². The minimum absolute atomic E-state index is 0.0446. The number of hydrogen-bond acceptors (Lipinski definition) is 5. The normalized spacial score (nSPS) is 22.8. The van der Waals surface area contributed by atoms with Crippen LogP contribution in [0.3, 0.4) is 0 Å². The molecule has 0 bridgehead atoms. The number of para-hydroxylation sites is 1. The van der Waals surface area contributed by atoms with Gasteiger partial charge in [0, 0.05) is 12.6 Å². The third-order valence-electron chi connectivity index (χ3n) is 4.46. The first kappa shape index (κ1) is 16.8. The van der Waals surface area contributed by atoms with Gasteiger partial charge in [-0.15, -0.1) is 0 Å². The Morgan fingerprint density at radius 2 is 1.88 bits per heavy atom. The number of aliphatic hydroxyl groups excluding tert-OH is 1. The zero-order valence-corrected chi connectivity index (χ0v) is 14.2. The Labute approximate surface area is 141 Å². The molecule has 1 aliphatic rings. The molecular formula is C17H19NO5S. The fourth-order valence-electron chi connectivity index (χ4n) is 3.06. The van der Waals surface area contributed by atoms with E-state index in [0.29, 0.717) is 16.9 Å². The summed E-state index contributed by atoms with van der Waals surface area (Å²) in [5.74, 6) is 0.264. The van der Waals surface area contributed by atoms with Gasteiger partial charge in [-0.25, -0.2) is 8.42 Å². The lowest BCUT2D eigenvalue weighted by molar-refractivity contribution is 0.0888. The van der Waals surface area contributed by atoms with Crippen LogP contribution >= 0.6 is 0 Å². The second-order valence-electron chi connectivity index (χ2n) is 5.74. The van der Waals surface area contributed by atoms with E-state index in [-0.39, 0.29) is 17.1 Å². The monoisotopic (exact) mass is 349 g/mol. The number of benzene rings is 2. The lowest BCUT2D eigenvalue weighted by atomic mass is 9.95. The van der Waals surface area contributed by atoms with Crippen LogP contribution in [-0.4, -0.2) is 43.1 Å². The molecule has 24 heavy (non-hydrogen) atoms. The first-order valence-corrected chi connectivity index (χ1v) is 8.91. The van der Waals surface area contributed by atoms with Gasteiger partial charge >= 0.3 is 0 Å². The minimum Gasteiger partial charge on any atom is -0.504 e. The van der Waals surface area contributed by atoms with Crippen LogP contribution in [0.1, 0.15) is 17.2 Å². The maximum atomic E-state index is 12.7. The highest BCUT2D eigenvalue weighted by atomic mass is 32.2. The van der Waals surface area contributed by atoms with Gasteiger partial charge in [-0.2, -0.15) is 4.31 Å². The summed E-state index contributed by atoms with van der Waals surface area (Å²) in [7, 11) is -0.805. The highest BCUT2D eigenvalue weighted by Crippen LogP contribution is 2.39. The molecule has 0 aliphatic carbocycles. The largest absolute Gasteiger partial charge is 0.504 e. The molecule has 128 valence electrons. The van der Waals surface area contributed by atoms with Crippen molar-refractivity contribution in [2.24, 2.45) is 0 Å².